The van der Waals surface area contributed by atoms with Gasteiger partial charge in [-0.1, -0.05) is 47.5 Å². The Balaban J connectivity index is 1.68. The van der Waals surface area contributed by atoms with E-state index in [4.69, 9.17) is 32.5 Å². The van der Waals surface area contributed by atoms with E-state index in [-0.39, 0.29) is 28.4 Å². The van der Waals surface area contributed by atoms with E-state index in [0.717, 1.165) is 0 Å². The van der Waals surface area contributed by atoms with Gasteiger partial charge in [-0.15, -0.1) is 0 Å². The van der Waals surface area contributed by atoms with E-state index in [1.807, 2.05) is 0 Å². The molecule has 0 spiro atoms. The molecule has 0 atom stereocenters. The second-order valence-electron chi connectivity index (χ2n) is 4.77. The predicted molar refractivity (Wildman–Crippen MR) is 92.3 cm³/mol. The van der Waals surface area contributed by atoms with Crippen molar-refractivity contribution in [1.29, 1.82) is 0 Å². The zero-order chi connectivity index (χ0) is 17.9. The van der Waals surface area contributed by atoms with Gasteiger partial charge in [-0.3, -0.25) is 0 Å². The Morgan fingerprint density at radius 1 is 1.08 bits per heavy atom. The molecule has 0 unspecified atom stereocenters. The lowest BCUT2D eigenvalue weighted by Crippen LogP contribution is -2.13. The maximum absolute atomic E-state index is 12.2. The van der Waals surface area contributed by atoms with Gasteiger partial charge in [0.05, 0.1) is 9.92 Å². The number of ether oxygens (including phenoxy) is 1. The fraction of sp³-hybridized carbons (Fsp3) is 0.0667. The maximum Gasteiger partial charge on any atom is 0.277 e. The van der Waals surface area contributed by atoms with Gasteiger partial charge in [0, 0.05) is 0 Å². The van der Waals surface area contributed by atoms with Crippen LogP contribution in [-0.4, -0.2) is 18.6 Å². The second kappa shape index (κ2) is 7.30. The van der Waals surface area contributed by atoms with Crippen LogP contribution < -0.4 is 9.46 Å². The summed E-state index contributed by atoms with van der Waals surface area (Å²) in [7, 11) is -3.79. The van der Waals surface area contributed by atoms with Crippen molar-refractivity contribution in [2.24, 2.45) is 0 Å². The average Bonchev–Trinajstić information content (AvgIpc) is 3.04. The molecule has 3 aromatic rings. The van der Waals surface area contributed by atoms with Crippen molar-refractivity contribution < 1.29 is 17.7 Å². The number of hydrogen-bond acceptors (Lipinski definition) is 6. The summed E-state index contributed by atoms with van der Waals surface area (Å²) in [5.74, 6) is 0.222. The van der Waals surface area contributed by atoms with Crippen molar-refractivity contribution >= 4 is 39.2 Å². The van der Waals surface area contributed by atoms with E-state index >= 15 is 0 Å². The molecule has 0 amide bonds. The molecule has 1 N–H and O–H groups in total. The van der Waals surface area contributed by atoms with Crippen LogP contribution in [0.4, 0.5) is 5.95 Å². The third-order valence-corrected chi connectivity index (χ3v) is 5.16. The van der Waals surface area contributed by atoms with E-state index in [9.17, 15) is 8.42 Å². The lowest BCUT2D eigenvalue weighted by Gasteiger charge is -2.06. The zero-order valence-corrected chi connectivity index (χ0v) is 14.8. The first kappa shape index (κ1) is 17.5. The molecule has 130 valence electrons. The van der Waals surface area contributed by atoms with E-state index in [1.165, 1.54) is 12.1 Å². The molecule has 0 aliphatic carbocycles. The Hall–Kier alpha value is -2.29. The number of nitrogens with one attached hydrogen (secondary N) is 1. The number of nitrogens with zero attached hydrogens (tertiary/aromatic N) is 2. The van der Waals surface area contributed by atoms with Crippen LogP contribution in [-0.2, 0) is 16.6 Å². The van der Waals surface area contributed by atoms with Crippen molar-refractivity contribution in [2.45, 2.75) is 11.5 Å². The molecule has 0 aliphatic heterocycles. The molecule has 0 radical (unpaired) electrons. The third-order valence-electron chi connectivity index (χ3n) is 3.01. The Labute approximate surface area is 153 Å². The summed E-state index contributed by atoms with van der Waals surface area (Å²) >= 11 is 11.9. The fourth-order valence-corrected chi connectivity index (χ4v) is 3.17. The first-order valence-electron chi connectivity index (χ1n) is 6.93. The number of anilines is 1. The van der Waals surface area contributed by atoms with Gasteiger partial charge in [-0.25, -0.2) is 13.1 Å². The Morgan fingerprint density at radius 2 is 1.84 bits per heavy atom. The van der Waals surface area contributed by atoms with Crippen LogP contribution >= 0.6 is 23.2 Å². The molecule has 0 saturated carbocycles. The Morgan fingerprint density at radius 3 is 2.60 bits per heavy atom. The number of aromatic nitrogens is 2. The molecule has 1 aromatic heterocycles. The lowest BCUT2D eigenvalue weighted by atomic mass is 10.3. The van der Waals surface area contributed by atoms with Gasteiger partial charge in [-0.05, 0) is 29.4 Å². The highest BCUT2D eigenvalue weighted by molar-refractivity contribution is 7.92. The fourth-order valence-electron chi connectivity index (χ4n) is 1.87. The van der Waals surface area contributed by atoms with Crippen LogP contribution in [0.25, 0.3) is 0 Å². The minimum atomic E-state index is -3.79. The highest BCUT2D eigenvalue weighted by Crippen LogP contribution is 2.31. The number of hydrogen-bond donors (Lipinski definition) is 1. The molecule has 0 aliphatic rings. The number of halogens is 2. The van der Waals surface area contributed by atoms with Crippen LogP contribution in [0.5, 0.6) is 5.75 Å². The molecule has 7 nitrogen and oxygen atoms in total. The van der Waals surface area contributed by atoms with Gasteiger partial charge in [0.2, 0.25) is 0 Å². The average molecular weight is 400 g/mol. The van der Waals surface area contributed by atoms with E-state index in [1.54, 1.807) is 36.4 Å². The highest BCUT2D eigenvalue weighted by Gasteiger charge is 2.17. The molecule has 10 heteroatoms. The molecule has 0 saturated heterocycles. The summed E-state index contributed by atoms with van der Waals surface area (Å²) in [6.45, 7) is -0.0971. The minimum Gasteiger partial charge on any atom is -0.482 e. The van der Waals surface area contributed by atoms with Gasteiger partial charge in [-0.2, -0.15) is 4.98 Å². The summed E-state index contributed by atoms with van der Waals surface area (Å²) in [6, 6.07) is 12.8. The smallest absolute Gasteiger partial charge is 0.277 e. The van der Waals surface area contributed by atoms with Crippen LogP contribution in [0.1, 0.15) is 5.89 Å². The van der Waals surface area contributed by atoms with Crippen molar-refractivity contribution in [3.05, 3.63) is 64.5 Å². The van der Waals surface area contributed by atoms with Crippen molar-refractivity contribution in [3.8, 4) is 5.75 Å². The normalized spacial score (nSPS) is 11.3. The van der Waals surface area contributed by atoms with E-state index in [0.29, 0.717) is 10.8 Å². The summed E-state index contributed by atoms with van der Waals surface area (Å²) < 4.78 is 37.0. The molecular weight excluding hydrogens is 389 g/mol. The highest BCUT2D eigenvalue weighted by atomic mass is 35.5. The van der Waals surface area contributed by atoms with E-state index < -0.39 is 10.0 Å². The second-order valence-corrected chi connectivity index (χ2v) is 7.24. The SMILES string of the molecule is O=S(=O)(Nc1noc(COc2cccc(Cl)c2Cl)n1)c1ccccc1. The molecule has 1 heterocycles. The zero-order valence-electron chi connectivity index (χ0n) is 12.5. The Bertz CT molecular complexity index is 977. The lowest BCUT2D eigenvalue weighted by molar-refractivity contribution is 0.243. The quantitative estimate of drug-likeness (QED) is 0.677. The van der Waals surface area contributed by atoms with Crippen LogP contribution in [0.15, 0.2) is 57.9 Å². The summed E-state index contributed by atoms with van der Waals surface area (Å²) in [5, 5.41) is 4.17. The molecule has 25 heavy (non-hydrogen) atoms. The topological polar surface area (TPSA) is 94.3 Å². The Kier molecular flexibility index (Phi) is 5.12. The van der Waals surface area contributed by atoms with Gasteiger partial charge in [0.15, 0.2) is 6.61 Å². The van der Waals surface area contributed by atoms with Crippen LogP contribution in [0.2, 0.25) is 10.0 Å². The molecule has 0 bridgehead atoms. The summed E-state index contributed by atoms with van der Waals surface area (Å²) in [5.41, 5.74) is 0. The van der Waals surface area contributed by atoms with Crippen molar-refractivity contribution in [1.82, 2.24) is 10.1 Å². The third kappa shape index (κ3) is 4.22. The van der Waals surface area contributed by atoms with Crippen LogP contribution in [0, 0.1) is 0 Å². The molecule has 2 aromatic carbocycles. The van der Waals surface area contributed by atoms with Crippen LogP contribution in [0.3, 0.4) is 0 Å². The first-order chi connectivity index (χ1) is 12.0. The number of benzene rings is 2. The van der Waals surface area contributed by atoms with Gasteiger partial charge in [0.1, 0.15) is 10.8 Å². The molecular formula is C15H11Cl2N3O4S. The summed E-state index contributed by atoms with van der Waals surface area (Å²) in [4.78, 5) is 4.01. The van der Waals surface area contributed by atoms with Gasteiger partial charge in [0.25, 0.3) is 21.9 Å². The van der Waals surface area contributed by atoms with Crippen molar-refractivity contribution in [3.63, 3.8) is 0 Å². The van der Waals surface area contributed by atoms with Gasteiger partial charge >= 0.3 is 0 Å². The maximum atomic E-state index is 12.2. The minimum absolute atomic E-state index is 0.0711. The standard InChI is InChI=1S/C15H11Cl2N3O4S/c16-11-7-4-8-12(14(11)17)23-9-13-18-15(19-24-13)20-25(21,22)10-5-2-1-3-6-10/h1-8H,9H2,(H,19,20). The van der Waals surface area contributed by atoms with Crippen molar-refractivity contribution in [2.75, 3.05) is 4.72 Å². The predicted octanol–water partition coefficient (Wildman–Crippen LogP) is 3.76. The van der Waals surface area contributed by atoms with E-state index in [2.05, 4.69) is 14.9 Å². The summed E-state index contributed by atoms with van der Waals surface area (Å²) in [6.07, 6.45) is 0. The number of sulfonamides is 1. The first-order valence-corrected chi connectivity index (χ1v) is 9.17. The molecule has 3 rings (SSSR count). The molecule has 0 fully saturated rings. The van der Waals surface area contributed by atoms with Gasteiger partial charge < -0.3 is 9.26 Å². The number of rotatable bonds is 6. The monoisotopic (exact) mass is 399 g/mol. The largest absolute Gasteiger partial charge is 0.482 e.